The van der Waals surface area contributed by atoms with Gasteiger partial charge < -0.3 is 0 Å². The van der Waals surface area contributed by atoms with Crippen LogP contribution in [0.3, 0.4) is 0 Å². The van der Waals surface area contributed by atoms with Gasteiger partial charge in [-0.1, -0.05) is 18.2 Å². The highest BCUT2D eigenvalue weighted by Gasteiger charge is 2.33. The average molecular weight is 275 g/mol. The first-order valence-corrected chi connectivity index (χ1v) is 5.59. The van der Waals surface area contributed by atoms with E-state index < -0.39 is 11.7 Å². The van der Waals surface area contributed by atoms with E-state index in [9.17, 15) is 13.2 Å². The Morgan fingerprint density at radius 3 is 2.40 bits per heavy atom. The molecule has 0 radical (unpaired) electrons. The van der Waals surface area contributed by atoms with Gasteiger partial charge in [0.15, 0.2) is 5.71 Å². The number of para-hydroxylation sites is 1. The molecule has 0 N–H and O–H groups in total. The van der Waals surface area contributed by atoms with Crippen LogP contribution in [0.4, 0.5) is 18.9 Å². The van der Waals surface area contributed by atoms with E-state index in [-0.39, 0.29) is 17.1 Å². The third-order valence-corrected chi connectivity index (χ3v) is 2.46. The number of nitriles is 1. The molecule has 3 nitrogen and oxygen atoms in total. The predicted molar refractivity (Wildman–Crippen MR) is 67.5 cm³/mol. The van der Waals surface area contributed by atoms with Gasteiger partial charge in [-0.15, -0.1) is 0 Å². The lowest BCUT2D eigenvalue weighted by Gasteiger charge is -2.09. The highest BCUT2D eigenvalue weighted by Crippen LogP contribution is 2.36. The number of pyridine rings is 1. The topological polar surface area (TPSA) is 49.0 Å². The second-order valence-electron chi connectivity index (χ2n) is 3.80. The van der Waals surface area contributed by atoms with E-state index in [0.29, 0.717) is 0 Å². The Bertz CT molecular complexity index is 670. The molecule has 100 valence electrons. The first-order chi connectivity index (χ1) is 9.52. The van der Waals surface area contributed by atoms with Crippen molar-refractivity contribution in [3.8, 4) is 6.07 Å². The summed E-state index contributed by atoms with van der Waals surface area (Å²) >= 11 is 0. The average Bonchev–Trinajstić information content (AvgIpc) is 2.45. The molecule has 1 aromatic heterocycles. The molecule has 20 heavy (non-hydrogen) atoms. The number of benzene rings is 1. The minimum absolute atomic E-state index is 0.165. The van der Waals surface area contributed by atoms with Gasteiger partial charge in [-0.25, -0.2) is 4.99 Å². The van der Waals surface area contributed by atoms with Crippen LogP contribution in [0.15, 0.2) is 53.7 Å². The summed E-state index contributed by atoms with van der Waals surface area (Å²) in [7, 11) is 0. The molecule has 6 heteroatoms. The van der Waals surface area contributed by atoms with Gasteiger partial charge in [0.25, 0.3) is 0 Å². The molecule has 0 spiro atoms. The van der Waals surface area contributed by atoms with Crippen LogP contribution >= 0.6 is 0 Å². The summed E-state index contributed by atoms with van der Waals surface area (Å²) in [6.45, 7) is 0. The number of aromatic nitrogens is 1. The molecule has 0 fully saturated rings. The van der Waals surface area contributed by atoms with E-state index in [4.69, 9.17) is 5.26 Å². The monoisotopic (exact) mass is 275 g/mol. The van der Waals surface area contributed by atoms with Gasteiger partial charge in [0, 0.05) is 6.20 Å². The standard InChI is InChI=1S/C14H8F3N3/c15-14(16,17)10-5-1-2-6-11(10)20-13(9-18)12-7-3-4-8-19-12/h1-8H. The molecule has 0 saturated carbocycles. The third kappa shape index (κ3) is 3.01. The molecule has 0 aliphatic rings. The summed E-state index contributed by atoms with van der Waals surface area (Å²) in [5.41, 5.74) is -1.12. The van der Waals surface area contributed by atoms with Crippen LogP contribution in [-0.4, -0.2) is 10.7 Å². The normalized spacial score (nSPS) is 12.0. The van der Waals surface area contributed by atoms with E-state index in [2.05, 4.69) is 9.98 Å². The highest BCUT2D eigenvalue weighted by molar-refractivity contribution is 6.11. The van der Waals surface area contributed by atoms with Gasteiger partial charge in [-0.05, 0) is 24.3 Å². The molecule has 0 aliphatic heterocycles. The van der Waals surface area contributed by atoms with Gasteiger partial charge in [0.1, 0.15) is 6.07 Å². The Morgan fingerprint density at radius 2 is 1.80 bits per heavy atom. The van der Waals surface area contributed by atoms with Gasteiger partial charge in [-0.3, -0.25) is 4.98 Å². The molecular weight excluding hydrogens is 267 g/mol. The molecule has 2 aromatic rings. The van der Waals surface area contributed by atoms with Crippen molar-refractivity contribution < 1.29 is 13.2 Å². The molecule has 0 amide bonds. The Balaban J connectivity index is 2.53. The largest absolute Gasteiger partial charge is 0.418 e. The minimum Gasteiger partial charge on any atom is -0.254 e. The van der Waals surface area contributed by atoms with Crippen LogP contribution in [-0.2, 0) is 6.18 Å². The summed E-state index contributed by atoms with van der Waals surface area (Å²) in [6.07, 6.45) is -3.08. The number of alkyl halides is 3. The first kappa shape index (κ1) is 13.7. The summed E-state index contributed by atoms with van der Waals surface area (Å²) in [5, 5.41) is 9.03. The van der Waals surface area contributed by atoms with Crippen molar-refractivity contribution in [2.45, 2.75) is 6.18 Å². The van der Waals surface area contributed by atoms with Crippen molar-refractivity contribution in [2.24, 2.45) is 4.99 Å². The molecule has 0 aliphatic carbocycles. The maximum Gasteiger partial charge on any atom is 0.418 e. The fourth-order valence-corrected chi connectivity index (χ4v) is 1.57. The maximum atomic E-state index is 12.8. The third-order valence-electron chi connectivity index (χ3n) is 2.46. The van der Waals surface area contributed by atoms with Crippen LogP contribution in [0, 0.1) is 11.3 Å². The SMILES string of the molecule is N#CC(=Nc1ccccc1C(F)(F)F)c1ccccn1. The number of hydrogen-bond acceptors (Lipinski definition) is 3. The molecule has 1 heterocycles. The Hall–Kier alpha value is -2.68. The molecule has 0 saturated heterocycles. The van der Waals surface area contributed by atoms with Gasteiger partial charge in [0.2, 0.25) is 0 Å². The van der Waals surface area contributed by atoms with E-state index in [0.717, 1.165) is 6.07 Å². The molecule has 0 atom stereocenters. The highest BCUT2D eigenvalue weighted by atomic mass is 19.4. The van der Waals surface area contributed by atoms with E-state index in [1.54, 1.807) is 18.2 Å². The van der Waals surface area contributed by atoms with Crippen molar-refractivity contribution in [3.05, 3.63) is 59.9 Å². The number of hydrogen-bond donors (Lipinski definition) is 0. The van der Waals surface area contributed by atoms with Crippen molar-refractivity contribution in [1.82, 2.24) is 4.98 Å². The van der Waals surface area contributed by atoms with Gasteiger partial charge in [-0.2, -0.15) is 18.4 Å². The molecule has 0 bridgehead atoms. The Kier molecular flexibility index (Phi) is 3.80. The zero-order valence-electron chi connectivity index (χ0n) is 10.1. The fraction of sp³-hybridized carbons (Fsp3) is 0.0714. The number of halogens is 3. The lowest BCUT2D eigenvalue weighted by molar-refractivity contribution is -0.137. The second kappa shape index (κ2) is 5.53. The van der Waals surface area contributed by atoms with Crippen LogP contribution in [0.25, 0.3) is 0 Å². The Labute approximate surface area is 113 Å². The lowest BCUT2D eigenvalue weighted by Crippen LogP contribution is -2.06. The molecular formula is C14H8F3N3. The summed E-state index contributed by atoms with van der Waals surface area (Å²) in [4.78, 5) is 7.69. The van der Waals surface area contributed by atoms with E-state index in [1.165, 1.54) is 30.5 Å². The van der Waals surface area contributed by atoms with Crippen molar-refractivity contribution in [1.29, 1.82) is 5.26 Å². The zero-order chi connectivity index (χ0) is 14.6. The van der Waals surface area contributed by atoms with Crippen molar-refractivity contribution in [2.75, 3.05) is 0 Å². The summed E-state index contributed by atoms with van der Waals surface area (Å²) in [5.74, 6) is 0. The fourth-order valence-electron chi connectivity index (χ4n) is 1.57. The van der Waals surface area contributed by atoms with Crippen LogP contribution < -0.4 is 0 Å². The van der Waals surface area contributed by atoms with Crippen LogP contribution in [0.5, 0.6) is 0 Å². The first-order valence-electron chi connectivity index (χ1n) is 5.59. The lowest BCUT2D eigenvalue weighted by atomic mass is 10.1. The quantitative estimate of drug-likeness (QED) is 0.784. The van der Waals surface area contributed by atoms with E-state index in [1.807, 2.05) is 0 Å². The molecule has 2 rings (SSSR count). The number of nitrogens with zero attached hydrogens (tertiary/aromatic N) is 3. The van der Waals surface area contributed by atoms with Crippen LogP contribution in [0.1, 0.15) is 11.3 Å². The maximum absolute atomic E-state index is 12.8. The van der Waals surface area contributed by atoms with E-state index >= 15 is 0 Å². The summed E-state index contributed by atoms with van der Waals surface area (Å²) in [6, 6.07) is 11.4. The molecule has 1 aromatic carbocycles. The Morgan fingerprint density at radius 1 is 1.10 bits per heavy atom. The van der Waals surface area contributed by atoms with Crippen molar-refractivity contribution in [3.63, 3.8) is 0 Å². The minimum atomic E-state index is -4.52. The summed E-state index contributed by atoms with van der Waals surface area (Å²) < 4.78 is 38.5. The number of rotatable bonds is 2. The smallest absolute Gasteiger partial charge is 0.254 e. The van der Waals surface area contributed by atoms with Gasteiger partial charge in [0.05, 0.1) is 16.9 Å². The zero-order valence-corrected chi connectivity index (χ0v) is 10.1. The predicted octanol–water partition coefficient (Wildman–Crippen LogP) is 3.74. The van der Waals surface area contributed by atoms with Crippen LogP contribution in [0.2, 0.25) is 0 Å². The van der Waals surface area contributed by atoms with Gasteiger partial charge >= 0.3 is 6.18 Å². The molecule has 0 unspecified atom stereocenters. The number of aliphatic imine (C=N–C) groups is 1. The second-order valence-corrected chi connectivity index (χ2v) is 3.80. The van der Waals surface area contributed by atoms with Crippen molar-refractivity contribution >= 4 is 11.4 Å².